The molecule has 1 amide bonds. The number of hydrogen-bond donors (Lipinski definition) is 1. The molecular formula is C12H22N2O. The molecular weight excluding hydrogens is 188 g/mol. The summed E-state index contributed by atoms with van der Waals surface area (Å²) in [5, 5.41) is 3.36. The lowest BCUT2D eigenvalue weighted by Gasteiger charge is -2.33. The van der Waals surface area contributed by atoms with E-state index in [1.54, 1.807) is 0 Å². The van der Waals surface area contributed by atoms with Gasteiger partial charge in [-0.3, -0.25) is 4.79 Å². The Morgan fingerprint density at radius 2 is 2.27 bits per heavy atom. The largest absolute Gasteiger partial charge is 0.340 e. The lowest BCUT2D eigenvalue weighted by molar-refractivity contribution is -0.132. The van der Waals surface area contributed by atoms with Gasteiger partial charge in [-0.1, -0.05) is 19.3 Å². The number of nitrogens with zero attached hydrogens (tertiary/aromatic N) is 1. The van der Waals surface area contributed by atoms with Gasteiger partial charge in [0, 0.05) is 32.1 Å². The average molecular weight is 210 g/mol. The molecule has 1 saturated carbocycles. The Labute approximate surface area is 92.2 Å². The average Bonchev–Trinajstić information content (AvgIpc) is 2.15. The smallest absolute Gasteiger partial charge is 0.222 e. The molecule has 2 fully saturated rings. The zero-order valence-electron chi connectivity index (χ0n) is 9.67. The minimum absolute atomic E-state index is 0.371. The topological polar surface area (TPSA) is 32.3 Å². The van der Waals surface area contributed by atoms with E-state index in [-0.39, 0.29) is 0 Å². The van der Waals surface area contributed by atoms with Gasteiger partial charge in [-0.15, -0.1) is 0 Å². The first-order valence-electron chi connectivity index (χ1n) is 6.27. The molecule has 3 heteroatoms. The predicted molar refractivity (Wildman–Crippen MR) is 60.6 cm³/mol. The highest BCUT2D eigenvalue weighted by molar-refractivity contribution is 5.76. The van der Waals surface area contributed by atoms with Gasteiger partial charge in [-0.25, -0.2) is 0 Å². The van der Waals surface area contributed by atoms with Gasteiger partial charge in [0.15, 0.2) is 0 Å². The molecule has 86 valence electrons. The molecule has 1 saturated heterocycles. The van der Waals surface area contributed by atoms with E-state index in [2.05, 4.69) is 12.2 Å². The number of hydrogen-bond acceptors (Lipinski definition) is 2. The summed E-state index contributed by atoms with van der Waals surface area (Å²) in [6, 6.07) is 0.464. The van der Waals surface area contributed by atoms with Crippen molar-refractivity contribution in [3.8, 4) is 0 Å². The maximum Gasteiger partial charge on any atom is 0.222 e. The maximum atomic E-state index is 11.9. The fourth-order valence-electron chi connectivity index (χ4n) is 2.43. The van der Waals surface area contributed by atoms with Crippen molar-refractivity contribution in [2.75, 3.05) is 19.6 Å². The third kappa shape index (κ3) is 2.94. The lowest BCUT2D eigenvalue weighted by atomic mass is 9.82. The van der Waals surface area contributed by atoms with Crippen molar-refractivity contribution < 1.29 is 4.79 Å². The van der Waals surface area contributed by atoms with Crippen molar-refractivity contribution >= 4 is 5.91 Å². The van der Waals surface area contributed by atoms with Crippen LogP contribution >= 0.6 is 0 Å². The van der Waals surface area contributed by atoms with E-state index in [1.165, 1.54) is 19.3 Å². The second-order valence-corrected chi connectivity index (χ2v) is 5.03. The van der Waals surface area contributed by atoms with Crippen LogP contribution in [0.1, 0.15) is 39.0 Å². The van der Waals surface area contributed by atoms with E-state index in [0.717, 1.165) is 38.4 Å². The molecule has 0 bridgehead atoms. The van der Waals surface area contributed by atoms with Crippen molar-refractivity contribution in [3.05, 3.63) is 0 Å². The van der Waals surface area contributed by atoms with E-state index >= 15 is 0 Å². The molecule has 1 aliphatic heterocycles. The highest BCUT2D eigenvalue weighted by Gasteiger charge is 2.23. The van der Waals surface area contributed by atoms with Gasteiger partial charge < -0.3 is 10.2 Å². The summed E-state index contributed by atoms with van der Waals surface area (Å²) in [5.41, 5.74) is 0. The summed E-state index contributed by atoms with van der Waals surface area (Å²) in [5.74, 6) is 1.23. The van der Waals surface area contributed by atoms with Crippen molar-refractivity contribution in [1.29, 1.82) is 0 Å². The molecule has 0 aromatic heterocycles. The lowest BCUT2D eigenvalue weighted by Crippen LogP contribution is -2.51. The second-order valence-electron chi connectivity index (χ2n) is 5.03. The quantitative estimate of drug-likeness (QED) is 0.763. The van der Waals surface area contributed by atoms with Crippen LogP contribution in [0, 0.1) is 5.92 Å². The molecule has 2 aliphatic rings. The number of piperazine rings is 1. The zero-order chi connectivity index (χ0) is 10.7. The molecule has 15 heavy (non-hydrogen) atoms. The standard InChI is InChI=1S/C12H22N2O/c1-10-9-14(8-7-13-10)12(15)6-5-11-3-2-4-11/h10-11,13H,2-9H2,1H3/t10-/m1/s1. The maximum absolute atomic E-state index is 11.9. The van der Waals surface area contributed by atoms with Crippen LogP contribution in [-0.4, -0.2) is 36.5 Å². The van der Waals surface area contributed by atoms with Crippen LogP contribution in [0.5, 0.6) is 0 Å². The number of rotatable bonds is 3. The van der Waals surface area contributed by atoms with Crippen LogP contribution in [0.25, 0.3) is 0 Å². The Bertz CT molecular complexity index is 226. The first-order valence-corrected chi connectivity index (χ1v) is 6.27. The van der Waals surface area contributed by atoms with Crippen LogP contribution in [0.3, 0.4) is 0 Å². The Morgan fingerprint density at radius 3 is 2.87 bits per heavy atom. The summed E-state index contributed by atoms with van der Waals surface area (Å²) in [6.45, 7) is 4.89. The molecule has 1 N–H and O–H groups in total. The molecule has 0 aromatic carbocycles. The third-order valence-electron chi connectivity index (χ3n) is 3.71. The molecule has 1 atom stereocenters. The number of carbonyl (C=O) groups excluding carboxylic acids is 1. The minimum Gasteiger partial charge on any atom is -0.340 e. The highest BCUT2D eigenvalue weighted by Crippen LogP contribution is 2.30. The number of carbonyl (C=O) groups is 1. The van der Waals surface area contributed by atoms with E-state index in [9.17, 15) is 4.79 Å². The molecule has 3 nitrogen and oxygen atoms in total. The summed E-state index contributed by atoms with van der Waals surface area (Å²) in [6.07, 6.45) is 5.98. The zero-order valence-corrected chi connectivity index (χ0v) is 9.67. The van der Waals surface area contributed by atoms with Crippen molar-refractivity contribution in [2.24, 2.45) is 5.92 Å². The fraction of sp³-hybridized carbons (Fsp3) is 0.917. The van der Waals surface area contributed by atoms with E-state index < -0.39 is 0 Å². The summed E-state index contributed by atoms with van der Waals surface area (Å²) in [4.78, 5) is 13.9. The summed E-state index contributed by atoms with van der Waals surface area (Å²) in [7, 11) is 0. The van der Waals surface area contributed by atoms with E-state index in [1.807, 2.05) is 4.90 Å². The number of amides is 1. The molecule has 2 rings (SSSR count). The van der Waals surface area contributed by atoms with Gasteiger partial charge in [0.1, 0.15) is 0 Å². The second kappa shape index (κ2) is 4.97. The SMILES string of the molecule is C[C@@H]1CN(C(=O)CCC2CCC2)CCN1. The Balaban J connectivity index is 1.69. The molecule has 0 spiro atoms. The van der Waals surface area contributed by atoms with E-state index in [0.29, 0.717) is 11.9 Å². The van der Waals surface area contributed by atoms with Gasteiger partial charge in [0.25, 0.3) is 0 Å². The Hall–Kier alpha value is -0.570. The van der Waals surface area contributed by atoms with Gasteiger partial charge in [0.05, 0.1) is 0 Å². The first kappa shape index (κ1) is 10.9. The summed E-state index contributed by atoms with van der Waals surface area (Å²) >= 11 is 0. The molecule has 0 radical (unpaired) electrons. The van der Waals surface area contributed by atoms with Crippen LogP contribution in [0.2, 0.25) is 0 Å². The predicted octanol–water partition coefficient (Wildman–Crippen LogP) is 1.39. The van der Waals surface area contributed by atoms with Gasteiger partial charge >= 0.3 is 0 Å². The minimum atomic E-state index is 0.371. The van der Waals surface area contributed by atoms with Gasteiger partial charge in [0.2, 0.25) is 5.91 Å². The summed E-state index contributed by atoms with van der Waals surface area (Å²) < 4.78 is 0. The third-order valence-corrected chi connectivity index (χ3v) is 3.71. The van der Waals surface area contributed by atoms with Crippen molar-refractivity contribution in [2.45, 2.75) is 45.1 Å². The molecule has 1 aliphatic carbocycles. The number of nitrogens with one attached hydrogen (secondary N) is 1. The molecule has 0 unspecified atom stereocenters. The van der Waals surface area contributed by atoms with Crippen LogP contribution in [0.4, 0.5) is 0 Å². The van der Waals surface area contributed by atoms with Crippen LogP contribution < -0.4 is 5.32 Å². The van der Waals surface area contributed by atoms with Crippen molar-refractivity contribution in [3.63, 3.8) is 0 Å². The normalized spacial score (nSPS) is 27.5. The first-order chi connectivity index (χ1) is 7.25. The molecule has 1 heterocycles. The van der Waals surface area contributed by atoms with Crippen LogP contribution in [-0.2, 0) is 4.79 Å². The Kier molecular flexibility index (Phi) is 3.62. The van der Waals surface area contributed by atoms with Crippen molar-refractivity contribution in [1.82, 2.24) is 10.2 Å². The highest BCUT2D eigenvalue weighted by atomic mass is 16.2. The Morgan fingerprint density at radius 1 is 1.47 bits per heavy atom. The van der Waals surface area contributed by atoms with Gasteiger partial charge in [-0.2, -0.15) is 0 Å². The van der Waals surface area contributed by atoms with E-state index in [4.69, 9.17) is 0 Å². The van der Waals surface area contributed by atoms with Gasteiger partial charge in [-0.05, 0) is 19.3 Å². The molecule has 0 aromatic rings. The van der Waals surface area contributed by atoms with Crippen LogP contribution in [0.15, 0.2) is 0 Å². The fourth-order valence-corrected chi connectivity index (χ4v) is 2.43. The monoisotopic (exact) mass is 210 g/mol.